The summed E-state index contributed by atoms with van der Waals surface area (Å²) in [5, 5.41) is 3.02. The van der Waals surface area contributed by atoms with E-state index in [-0.39, 0.29) is 11.8 Å². The maximum Gasteiger partial charge on any atom is 0.236 e. The Hall–Kier alpha value is -1.92. The molecule has 28 heavy (non-hydrogen) atoms. The van der Waals surface area contributed by atoms with Gasteiger partial charge in [0.25, 0.3) is 0 Å². The summed E-state index contributed by atoms with van der Waals surface area (Å²) in [6, 6.07) is 10.2. The molecule has 6 heteroatoms. The second-order valence-electron chi connectivity index (χ2n) is 7.93. The fourth-order valence-electron chi connectivity index (χ4n) is 3.97. The van der Waals surface area contributed by atoms with Crippen LogP contribution < -0.4 is 5.32 Å². The highest BCUT2D eigenvalue weighted by Crippen LogP contribution is 2.11. The number of carbonyl (C=O) groups is 2. The van der Waals surface area contributed by atoms with Crippen LogP contribution in [0.3, 0.4) is 0 Å². The van der Waals surface area contributed by atoms with Crippen molar-refractivity contribution >= 4 is 11.8 Å². The maximum absolute atomic E-state index is 12.5. The standard InChI is InChI=1S/C22H34N4O2/c27-21(23-11-10-20-8-4-3-5-9-20)18-24-14-16-25(17-15-24)19-22(28)26-12-6-1-2-7-13-26/h3-5,8-9H,1-2,6-7,10-19H2,(H,23,27). The lowest BCUT2D eigenvalue weighted by molar-refractivity contribution is -0.133. The van der Waals surface area contributed by atoms with Gasteiger partial charge in [-0.1, -0.05) is 43.2 Å². The molecule has 2 aliphatic heterocycles. The van der Waals surface area contributed by atoms with Crippen molar-refractivity contribution in [3.63, 3.8) is 0 Å². The highest BCUT2D eigenvalue weighted by atomic mass is 16.2. The molecular weight excluding hydrogens is 352 g/mol. The lowest BCUT2D eigenvalue weighted by Crippen LogP contribution is -2.52. The number of benzene rings is 1. The summed E-state index contributed by atoms with van der Waals surface area (Å²) in [6.07, 6.45) is 5.63. The smallest absolute Gasteiger partial charge is 0.236 e. The normalized spacial score (nSPS) is 19.2. The number of carbonyl (C=O) groups excluding carboxylic acids is 2. The molecule has 2 heterocycles. The molecule has 0 saturated carbocycles. The predicted molar refractivity (Wildman–Crippen MR) is 111 cm³/mol. The van der Waals surface area contributed by atoms with Crippen molar-refractivity contribution in [2.45, 2.75) is 32.1 Å². The summed E-state index contributed by atoms with van der Waals surface area (Å²) in [6.45, 7) is 6.89. The van der Waals surface area contributed by atoms with Crippen molar-refractivity contribution in [3.05, 3.63) is 35.9 Å². The summed E-state index contributed by atoms with van der Waals surface area (Å²) in [4.78, 5) is 31.2. The third kappa shape index (κ3) is 6.91. The minimum atomic E-state index is 0.0880. The highest BCUT2D eigenvalue weighted by Gasteiger charge is 2.23. The molecule has 154 valence electrons. The van der Waals surface area contributed by atoms with E-state index in [1.807, 2.05) is 23.1 Å². The molecule has 1 N–H and O–H groups in total. The molecule has 0 radical (unpaired) electrons. The summed E-state index contributed by atoms with van der Waals surface area (Å²) in [7, 11) is 0. The number of nitrogens with one attached hydrogen (secondary N) is 1. The molecule has 2 amide bonds. The second-order valence-corrected chi connectivity index (χ2v) is 7.93. The Morgan fingerprint density at radius 1 is 0.786 bits per heavy atom. The molecular formula is C22H34N4O2. The van der Waals surface area contributed by atoms with Crippen molar-refractivity contribution in [2.75, 3.05) is 58.9 Å². The topological polar surface area (TPSA) is 55.9 Å². The van der Waals surface area contributed by atoms with E-state index >= 15 is 0 Å². The van der Waals surface area contributed by atoms with Crippen LogP contribution in [0.4, 0.5) is 0 Å². The van der Waals surface area contributed by atoms with Gasteiger partial charge in [0.05, 0.1) is 13.1 Å². The largest absolute Gasteiger partial charge is 0.355 e. The van der Waals surface area contributed by atoms with Crippen LogP contribution in [0.25, 0.3) is 0 Å². The minimum absolute atomic E-state index is 0.0880. The number of hydrogen-bond donors (Lipinski definition) is 1. The predicted octanol–water partition coefficient (Wildman–Crippen LogP) is 1.37. The van der Waals surface area contributed by atoms with Crippen LogP contribution in [0, 0.1) is 0 Å². The van der Waals surface area contributed by atoms with Gasteiger partial charge in [-0.3, -0.25) is 19.4 Å². The minimum Gasteiger partial charge on any atom is -0.355 e. The molecule has 0 aromatic heterocycles. The lowest BCUT2D eigenvalue weighted by Gasteiger charge is -2.35. The van der Waals surface area contributed by atoms with Crippen molar-refractivity contribution in [1.82, 2.24) is 20.0 Å². The average molecular weight is 387 g/mol. The van der Waals surface area contributed by atoms with Gasteiger partial charge in [0.15, 0.2) is 0 Å². The van der Waals surface area contributed by atoms with E-state index in [4.69, 9.17) is 0 Å². The summed E-state index contributed by atoms with van der Waals surface area (Å²) >= 11 is 0. The fraction of sp³-hybridized carbons (Fsp3) is 0.636. The summed E-state index contributed by atoms with van der Waals surface area (Å²) in [5.41, 5.74) is 1.24. The van der Waals surface area contributed by atoms with E-state index in [0.29, 0.717) is 19.6 Å². The Labute approximate surface area is 168 Å². The third-order valence-corrected chi connectivity index (χ3v) is 5.73. The van der Waals surface area contributed by atoms with Crippen LogP contribution >= 0.6 is 0 Å². The number of nitrogens with zero attached hydrogens (tertiary/aromatic N) is 3. The van der Waals surface area contributed by atoms with E-state index in [0.717, 1.165) is 58.5 Å². The summed E-state index contributed by atoms with van der Waals surface area (Å²) in [5.74, 6) is 0.360. The van der Waals surface area contributed by atoms with Crippen LogP contribution in [0.2, 0.25) is 0 Å². The van der Waals surface area contributed by atoms with Gasteiger partial charge in [-0.15, -0.1) is 0 Å². The number of amides is 2. The Morgan fingerprint density at radius 3 is 2.04 bits per heavy atom. The monoisotopic (exact) mass is 386 g/mol. The van der Waals surface area contributed by atoms with Gasteiger partial charge >= 0.3 is 0 Å². The van der Waals surface area contributed by atoms with E-state index < -0.39 is 0 Å². The quantitative estimate of drug-likeness (QED) is 0.769. The van der Waals surface area contributed by atoms with Gasteiger partial charge in [-0.05, 0) is 24.8 Å². The zero-order chi connectivity index (χ0) is 19.6. The molecule has 2 fully saturated rings. The van der Waals surface area contributed by atoms with Crippen LogP contribution in [0.5, 0.6) is 0 Å². The van der Waals surface area contributed by atoms with Crippen LogP contribution in [-0.4, -0.2) is 85.4 Å². The Bertz CT molecular complexity index is 606. The number of hydrogen-bond acceptors (Lipinski definition) is 4. The van der Waals surface area contributed by atoms with Crippen LogP contribution in [0.15, 0.2) is 30.3 Å². The Morgan fingerprint density at radius 2 is 1.39 bits per heavy atom. The SMILES string of the molecule is O=C(CN1CCN(CC(=O)N2CCCCCC2)CC1)NCCc1ccccc1. The molecule has 0 unspecified atom stereocenters. The van der Waals surface area contributed by atoms with E-state index in [1.54, 1.807) is 0 Å². The Balaban J connectivity index is 1.30. The maximum atomic E-state index is 12.5. The number of rotatable bonds is 7. The first kappa shape index (κ1) is 20.8. The molecule has 2 saturated heterocycles. The molecule has 2 aliphatic rings. The van der Waals surface area contributed by atoms with Gasteiger partial charge in [0.2, 0.25) is 11.8 Å². The number of piperazine rings is 1. The van der Waals surface area contributed by atoms with Crippen LogP contribution in [-0.2, 0) is 16.0 Å². The van der Waals surface area contributed by atoms with Crippen LogP contribution in [0.1, 0.15) is 31.2 Å². The number of likely N-dealkylation sites (tertiary alicyclic amines) is 1. The fourth-order valence-corrected chi connectivity index (χ4v) is 3.97. The molecule has 1 aromatic carbocycles. The zero-order valence-corrected chi connectivity index (χ0v) is 16.9. The van der Waals surface area contributed by atoms with E-state index in [9.17, 15) is 9.59 Å². The first-order chi connectivity index (χ1) is 13.7. The second kappa shape index (κ2) is 11.2. The van der Waals surface area contributed by atoms with E-state index in [1.165, 1.54) is 18.4 Å². The zero-order valence-electron chi connectivity index (χ0n) is 16.9. The first-order valence-corrected chi connectivity index (χ1v) is 10.7. The molecule has 0 bridgehead atoms. The first-order valence-electron chi connectivity index (χ1n) is 10.7. The lowest BCUT2D eigenvalue weighted by atomic mass is 10.1. The molecule has 3 rings (SSSR count). The van der Waals surface area contributed by atoms with Gasteiger partial charge < -0.3 is 10.2 Å². The van der Waals surface area contributed by atoms with Gasteiger partial charge in [0.1, 0.15) is 0 Å². The van der Waals surface area contributed by atoms with Crippen molar-refractivity contribution in [1.29, 1.82) is 0 Å². The molecule has 1 aromatic rings. The van der Waals surface area contributed by atoms with Gasteiger partial charge in [0, 0.05) is 45.8 Å². The van der Waals surface area contributed by atoms with Crippen molar-refractivity contribution in [3.8, 4) is 0 Å². The molecule has 0 spiro atoms. The highest BCUT2D eigenvalue weighted by molar-refractivity contribution is 5.78. The van der Waals surface area contributed by atoms with Crippen molar-refractivity contribution in [2.24, 2.45) is 0 Å². The molecule has 0 aliphatic carbocycles. The summed E-state index contributed by atoms with van der Waals surface area (Å²) < 4.78 is 0. The third-order valence-electron chi connectivity index (χ3n) is 5.73. The molecule has 0 atom stereocenters. The van der Waals surface area contributed by atoms with Gasteiger partial charge in [-0.2, -0.15) is 0 Å². The van der Waals surface area contributed by atoms with E-state index in [2.05, 4.69) is 27.2 Å². The molecule has 6 nitrogen and oxygen atoms in total. The van der Waals surface area contributed by atoms with Gasteiger partial charge in [-0.25, -0.2) is 0 Å². The average Bonchev–Trinajstić information content (AvgIpc) is 3.00. The van der Waals surface area contributed by atoms with Crippen molar-refractivity contribution < 1.29 is 9.59 Å². The Kier molecular flexibility index (Phi) is 8.30.